The second kappa shape index (κ2) is 30.9. The van der Waals surface area contributed by atoms with E-state index in [9.17, 15) is 19.2 Å². The van der Waals surface area contributed by atoms with Gasteiger partial charge in [-0.2, -0.15) is 0 Å². The van der Waals surface area contributed by atoms with E-state index in [0.717, 1.165) is 64.2 Å². The number of amides is 2. The molecule has 0 saturated heterocycles. The van der Waals surface area contributed by atoms with Crippen LogP contribution in [0.4, 0.5) is 0 Å². The Bertz CT molecular complexity index is 669. The molecule has 0 heterocycles. The van der Waals surface area contributed by atoms with E-state index in [1.165, 1.54) is 77.0 Å². The van der Waals surface area contributed by atoms with Gasteiger partial charge in [-0.1, -0.05) is 129 Å². The van der Waals surface area contributed by atoms with E-state index in [2.05, 4.69) is 13.8 Å². The fraction of sp³-hybridized carbons (Fsp3) is 0.889. The highest BCUT2D eigenvalue weighted by Crippen LogP contribution is 2.14. The van der Waals surface area contributed by atoms with Crippen molar-refractivity contribution in [3.05, 3.63) is 0 Å². The van der Waals surface area contributed by atoms with Crippen molar-refractivity contribution in [2.75, 3.05) is 26.2 Å². The number of unbranched alkanes of at least 4 members (excludes halogenated alkanes) is 19. The summed E-state index contributed by atoms with van der Waals surface area (Å²) in [4.78, 5) is 51.3. The van der Waals surface area contributed by atoms with Crippen molar-refractivity contribution in [2.45, 2.75) is 181 Å². The predicted octanol–water partition coefficient (Wildman–Crippen LogP) is 9.00. The average Bonchev–Trinajstić information content (AvgIpc) is 2.99. The number of carbonyl (C=O) groups is 4. The SMILES string of the molecule is CCCCCCCCCCCC(=O)N(CCCCCCN(CCC(=O)O)C(=O)CCCCCCCCCCC)CCC(=O)O. The molecular formula is C36H68N2O6. The fourth-order valence-electron chi connectivity index (χ4n) is 5.63. The predicted molar refractivity (Wildman–Crippen MR) is 180 cm³/mol. The Morgan fingerprint density at radius 2 is 0.636 bits per heavy atom. The van der Waals surface area contributed by atoms with Crippen molar-refractivity contribution in [2.24, 2.45) is 0 Å². The molecular weight excluding hydrogens is 556 g/mol. The van der Waals surface area contributed by atoms with E-state index in [4.69, 9.17) is 10.2 Å². The first-order valence-electron chi connectivity index (χ1n) is 18.3. The Morgan fingerprint density at radius 3 is 0.932 bits per heavy atom. The van der Waals surface area contributed by atoms with E-state index in [1.54, 1.807) is 9.80 Å². The summed E-state index contributed by atoms with van der Waals surface area (Å²) in [6, 6.07) is 0. The fourth-order valence-corrected chi connectivity index (χ4v) is 5.63. The first kappa shape index (κ1) is 41.9. The van der Waals surface area contributed by atoms with E-state index in [0.29, 0.717) is 25.9 Å². The molecule has 0 bridgehead atoms. The van der Waals surface area contributed by atoms with Gasteiger partial charge < -0.3 is 20.0 Å². The third-order valence-electron chi connectivity index (χ3n) is 8.49. The number of carboxylic acid groups (broad SMARTS) is 2. The van der Waals surface area contributed by atoms with Crippen LogP contribution in [0.3, 0.4) is 0 Å². The summed E-state index contributed by atoms with van der Waals surface area (Å²) in [6.07, 6.45) is 25.7. The van der Waals surface area contributed by atoms with E-state index in [1.807, 2.05) is 0 Å². The molecule has 258 valence electrons. The van der Waals surface area contributed by atoms with Crippen LogP contribution in [0.5, 0.6) is 0 Å². The first-order chi connectivity index (χ1) is 21.3. The van der Waals surface area contributed by atoms with Crippen molar-refractivity contribution in [1.29, 1.82) is 0 Å². The quantitative estimate of drug-likeness (QED) is 0.0704. The van der Waals surface area contributed by atoms with Crippen molar-refractivity contribution in [1.82, 2.24) is 9.80 Å². The maximum atomic E-state index is 12.8. The van der Waals surface area contributed by atoms with E-state index >= 15 is 0 Å². The summed E-state index contributed by atoms with van der Waals surface area (Å²) in [7, 11) is 0. The van der Waals surface area contributed by atoms with Gasteiger partial charge in [0.2, 0.25) is 11.8 Å². The van der Waals surface area contributed by atoms with Gasteiger partial charge in [-0.15, -0.1) is 0 Å². The molecule has 0 aliphatic rings. The molecule has 0 saturated carbocycles. The molecule has 8 heteroatoms. The lowest BCUT2D eigenvalue weighted by Crippen LogP contribution is -2.34. The van der Waals surface area contributed by atoms with Gasteiger partial charge in [-0.3, -0.25) is 19.2 Å². The number of hydrogen-bond donors (Lipinski definition) is 2. The number of carbonyl (C=O) groups excluding carboxylic acids is 2. The van der Waals surface area contributed by atoms with Gasteiger partial charge in [-0.05, 0) is 25.7 Å². The van der Waals surface area contributed by atoms with Gasteiger partial charge in [0, 0.05) is 39.0 Å². The minimum absolute atomic E-state index is 0.0386. The van der Waals surface area contributed by atoms with E-state index in [-0.39, 0.29) is 37.7 Å². The Kier molecular flexibility index (Phi) is 29.4. The van der Waals surface area contributed by atoms with Crippen LogP contribution in [0.2, 0.25) is 0 Å². The van der Waals surface area contributed by atoms with Crippen LogP contribution in [-0.2, 0) is 19.2 Å². The molecule has 2 N–H and O–H groups in total. The minimum Gasteiger partial charge on any atom is -0.481 e. The lowest BCUT2D eigenvalue weighted by molar-refractivity contribution is -0.140. The molecule has 0 aromatic rings. The largest absolute Gasteiger partial charge is 0.481 e. The zero-order chi connectivity index (χ0) is 32.7. The second-order valence-corrected chi connectivity index (χ2v) is 12.6. The summed E-state index contributed by atoms with van der Waals surface area (Å²) >= 11 is 0. The summed E-state index contributed by atoms with van der Waals surface area (Å²) in [5, 5.41) is 18.3. The number of carboxylic acids is 2. The number of aliphatic carboxylic acids is 2. The van der Waals surface area contributed by atoms with Crippen molar-refractivity contribution >= 4 is 23.8 Å². The zero-order valence-electron chi connectivity index (χ0n) is 28.6. The molecule has 2 amide bonds. The molecule has 0 aliphatic carbocycles. The van der Waals surface area contributed by atoms with Crippen LogP contribution in [0.25, 0.3) is 0 Å². The van der Waals surface area contributed by atoms with Gasteiger partial charge in [0.25, 0.3) is 0 Å². The van der Waals surface area contributed by atoms with Gasteiger partial charge >= 0.3 is 11.9 Å². The summed E-state index contributed by atoms with van der Waals surface area (Å²) in [6.45, 7) is 6.07. The number of rotatable bonds is 33. The molecule has 0 rings (SSSR count). The first-order valence-corrected chi connectivity index (χ1v) is 18.3. The van der Waals surface area contributed by atoms with Crippen molar-refractivity contribution in [3.63, 3.8) is 0 Å². The molecule has 44 heavy (non-hydrogen) atoms. The summed E-state index contributed by atoms with van der Waals surface area (Å²) in [5.74, 6) is -1.67. The van der Waals surface area contributed by atoms with Crippen molar-refractivity contribution < 1.29 is 29.4 Å². The van der Waals surface area contributed by atoms with Crippen LogP contribution in [0, 0.1) is 0 Å². The Morgan fingerprint density at radius 1 is 0.364 bits per heavy atom. The molecule has 0 unspecified atom stereocenters. The third-order valence-corrected chi connectivity index (χ3v) is 8.49. The monoisotopic (exact) mass is 625 g/mol. The van der Waals surface area contributed by atoms with E-state index < -0.39 is 11.9 Å². The van der Waals surface area contributed by atoms with Crippen LogP contribution in [-0.4, -0.2) is 69.9 Å². The molecule has 0 aromatic carbocycles. The maximum Gasteiger partial charge on any atom is 0.305 e. The summed E-state index contributed by atoms with van der Waals surface area (Å²) in [5.41, 5.74) is 0. The van der Waals surface area contributed by atoms with Gasteiger partial charge in [-0.25, -0.2) is 0 Å². The van der Waals surface area contributed by atoms with Gasteiger partial charge in [0.05, 0.1) is 12.8 Å². The average molecular weight is 625 g/mol. The second-order valence-electron chi connectivity index (χ2n) is 12.6. The molecule has 0 fully saturated rings. The van der Waals surface area contributed by atoms with Crippen LogP contribution >= 0.6 is 0 Å². The number of nitrogens with zero attached hydrogens (tertiary/aromatic N) is 2. The molecule has 0 spiro atoms. The highest BCUT2D eigenvalue weighted by molar-refractivity contribution is 5.77. The smallest absolute Gasteiger partial charge is 0.305 e. The molecule has 0 atom stereocenters. The minimum atomic E-state index is -0.889. The standard InChI is InChI=1S/C36H68N2O6/c1-3-5-7-9-11-13-15-17-21-25-33(39)37(31-27-35(41)42)29-23-19-20-24-30-38(32-28-36(43)44)34(40)26-22-18-16-14-12-10-8-6-4-2/h3-32H2,1-2H3,(H,41,42)(H,43,44). The van der Waals surface area contributed by atoms with Crippen LogP contribution in [0.1, 0.15) is 181 Å². The Balaban J connectivity index is 4.33. The molecule has 0 radical (unpaired) electrons. The zero-order valence-corrected chi connectivity index (χ0v) is 28.6. The highest BCUT2D eigenvalue weighted by Gasteiger charge is 2.16. The molecule has 0 aliphatic heterocycles. The van der Waals surface area contributed by atoms with Crippen molar-refractivity contribution in [3.8, 4) is 0 Å². The number of hydrogen-bond acceptors (Lipinski definition) is 4. The van der Waals surface area contributed by atoms with Gasteiger partial charge in [0.15, 0.2) is 0 Å². The molecule has 0 aromatic heterocycles. The lowest BCUT2D eigenvalue weighted by Gasteiger charge is -2.23. The van der Waals surface area contributed by atoms with Gasteiger partial charge in [0.1, 0.15) is 0 Å². The maximum absolute atomic E-state index is 12.8. The normalized spacial score (nSPS) is 11.0. The lowest BCUT2D eigenvalue weighted by atomic mass is 10.1. The summed E-state index contributed by atoms with van der Waals surface area (Å²) < 4.78 is 0. The van der Waals surface area contributed by atoms with Crippen LogP contribution < -0.4 is 0 Å². The Hall–Kier alpha value is -2.12. The topological polar surface area (TPSA) is 115 Å². The third kappa shape index (κ3) is 27.4. The Labute approximate surface area is 269 Å². The highest BCUT2D eigenvalue weighted by atomic mass is 16.4. The van der Waals surface area contributed by atoms with Crippen LogP contribution in [0.15, 0.2) is 0 Å². The molecule has 8 nitrogen and oxygen atoms in total.